The Bertz CT molecular complexity index is 812. The van der Waals surface area contributed by atoms with Crippen molar-refractivity contribution in [1.82, 2.24) is 0 Å². The van der Waals surface area contributed by atoms with Gasteiger partial charge in [-0.2, -0.15) is 0 Å². The Kier molecular flexibility index (Phi) is 5.38. The summed E-state index contributed by atoms with van der Waals surface area (Å²) >= 11 is 5.50. The molecule has 0 saturated carbocycles. The minimum absolute atomic E-state index is 0.656. The molecule has 0 bridgehead atoms. The Hall–Kier alpha value is -2.91. The van der Waals surface area contributed by atoms with Gasteiger partial charge in [-0.15, -0.1) is 0 Å². The van der Waals surface area contributed by atoms with Gasteiger partial charge < -0.3 is 10.6 Å². The third-order valence-electron chi connectivity index (χ3n) is 3.45. The Morgan fingerprint density at radius 1 is 0.625 bits per heavy atom. The van der Waals surface area contributed by atoms with Crippen LogP contribution in [0.25, 0.3) is 5.70 Å². The first-order chi connectivity index (χ1) is 11.8. The normalized spacial score (nSPS) is 10.9. The molecule has 3 rings (SSSR count). The predicted molar refractivity (Wildman–Crippen MR) is 107 cm³/mol. The topological polar surface area (TPSA) is 24.1 Å². The van der Waals surface area contributed by atoms with Crippen molar-refractivity contribution in [3.63, 3.8) is 0 Å². The van der Waals surface area contributed by atoms with Crippen molar-refractivity contribution in [1.29, 1.82) is 0 Å². The summed E-state index contributed by atoms with van der Waals surface area (Å²) in [6, 6.07) is 30.2. The molecular weight excluding hydrogens is 312 g/mol. The standard InChI is InChI=1S/C21H18N2S/c24-21(23-19-14-8-3-9-15-19)16-20(17-10-4-1-5-11-17)22-18-12-6-2-7-13-18/h1-16,22H,(H,23,24)/b20-16-. The molecule has 3 aromatic rings. The van der Waals surface area contributed by atoms with Crippen LogP contribution >= 0.6 is 12.2 Å². The minimum Gasteiger partial charge on any atom is -0.355 e. The fourth-order valence-electron chi connectivity index (χ4n) is 2.32. The van der Waals surface area contributed by atoms with Gasteiger partial charge in [-0.05, 0) is 35.9 Å². The van der Waals surface area contributed by atoms with Gasteiger partial charge in [0.25, 0.3) is 0 Å². The maximum Gasteiger partial charge on any atom is 0.105 e. The summed E-state index contributed by atoms with van der Waals surface area (Å²) < 4.78 is 0. The van der Waals surface area contributed by atoms with E-state index in [9.17, 15) is 0 Å². The molecule has 0 heterocycles. The summed E-state index contributed by atoms with van der Waals surface area (Å²) in [5.74, 6) is 0. The van der Waals surface area contributed by atoms with Gasteiger partial charge in [0.2, 0.25) is 0 Å². The van der Waals surface area contributed by atoms with Gasteiger partial charge in [-0.25, -0.2) is 0 Å². The second kappa shape index (κ2) is 8.09. The molecule has 0 saturated heterocycles. The van der Waals surface area contributed by atoms with Crippen molar-refractivity contribution >= 4 is 34.3 Å². The van der Waals surface area contributed by atoms with E-state index in [-0.39, 0.29) is 0 Å². The van der Waals surface area contributed by atoms with Gasteiger partial charge in [0.1, 0.15) is 4.99 Å². The van der Waals surface area contributed by atoms with Crippen molar-refractivity contribution in [2.45, 2.75) is 0 Å². The highest BCUT2D eigenvalue weighted by Gasteiger charge is 2.04. The summed E-state index contributed by atoms with van der Waals surface area (Å²) in [4.78, 5) is 0.656. The summed E-state index contributed by atoms with van der Waals surface area (Å²) in [6.07, 6.45) is 1.95. The first kappa shape index (κ1) is 16.0. The summed E-state index contributed by atoms with van der Waals surface area (Å²) in [6.45, 7) is 0. The molecule has 24 heavy (non-hydrogen) atoms. The number of benzene rings is 3. The molecule has 0 fully saturated rings. The van der Waals surface area contributed by atoms with Crippen molar-refractivity contribution in [2.24, 2.45) is 0 Å². The van der Waals surface area contributed by atoms with Crippen molar-refractivity contribution in [3.05, 3.63) is 103 Å². The van der Waals surface area contributed by atoms with Gasteiger partial charge in [-0.3, -0.25) is 0 Å². The van der Waals surface area contributed by atoms with E-state index < -0.39 is 0 Å². The second-order valence-corrected chi connectivity index (χ2v) is 5.71. The number of rotatable bonds is 5. The Morgan fingerprint density at radius 2 is 1.08 bits per heavy atom. The van der Waals surface area contributed by atoms with E-state index in [2.05, 4.69) is 22.8 Å². The molecule has 0 aromatic heterocycles. The molecular formula is C21H18N2S. The molecule has 0 aliphatic heterocycles. The highest BCUT2D eigenvalue weighted by atomic mass is 32.1. The van der Waals surface area contributed by atoms with E-state index in [0.717, 1.165) is 22.6 Å². The van der Waals surface area contributed by atoms with E-state index in [1.54, 1.807) is 0 Å². The van der Waals surface area contributed by atoms with Gasteiger partial charge in [0.05, 0.1) is 0 Å². The predicted octanol–water partition coefficient (Wildman–Crippen LogP) is 5.58. The fraction of sp³-hybridized carbons (Fsp3) is 0. The van der Waals surface area contributed by atoms with Crippen molar-refractivity contribution in [2.75, 3.05) is 10.6 Å². The van der Waals surface area contributed by atoms with Crippen molar-refractivity contribution in [3.8, 4) is 0 Å². The largest absolute Gasteiger partial charge is 0.355 e. The zero-order valence-electron chi connectivity index (χ0n) is 13.1. The monoisotopic (exact) mass is 330 g/mol. The number of nitrogens with one attached hydrogen (secondary N) is 2. The Morgan fingerprint density at radius 3 is 1.62 bits per heavy atom. The molecule has 0 atom stereocenters. The molecule has 0 spiro atoms. The first-order valence-corrected chi connectivity index (χ1v) is 8.17. The van der Waals surface area contributed by atoms with E-state index >= 15 is 0 Å². The third kappa shape index (κ3) is 4.54. The van der Waals surface area contributed by atoms with E-state index in [1.165, 1.54) is 0 Å². The lowest BCUT2D eigenvalue weighted by molar-refractivity contribution is 1.53. The highest BCUT2D eigenvalue weighted by molar-refractivity contribution is 7.81. The quantitative estimate of drug-likeness (QED) is 0.472. The number of hydrogen-bond acceptors (Lipinski definition) is 2. The SMILES string of the molecule is S=C(/C=C(\Nc1ccccc1)c1ccccc1)Nc1ccccc1. The average Bonchev–Trinajstić information content (AvgIpc) is 2.63. The van der Waals surface area contributed by atoms with Gasteiger partial charge >= 0.3 is 0 Å². The number of thiocarbonyl (C=S) groups is 1. The number of anilines is 2. The fourth-order valence-corrected chi connectivity index (χ4v) is 2.55. The van der Waals surface area contributed by atoms with Crippen LogP contribution in [0.4, 0.5) is 11.4 Å². The van der Waals surface area contributed by atoms with Gasteiger partial charge in [0.15, 0.2) is 0 Å². The van der Waals surface area contributed by atoms with Crippen LogP contribution in [0.5, 0.6) is 0 Å². The van der Waals surface area contributed by atoms with Gasteiger partial charge in [0, 0.05) is 17.1 Å². The second-order valence-electron chi connectivity index (χ2n) is 5.27. The minimum atomic E-state index is 0.656. The Labute approximate surface area is 147 Å². The smallest absolute Gasteiger partial charge is 0.105 e. The van der Waals surface area contributed by atoms with Crippen LogP contribution in [-0.4, -0.2) is 4.99 Å². The van der Waals surface area contributed by atoms with Crippen LogP contribution in [-0.2, 0) is 0 Å². The highest BCUT2D eigenvalue weighted by Crippen LogP contribution is 2.19. The lowest BCUT2D eigenvalue weighted by Gasteiger charge is -2.13. The van der Waals surface area contributed by atoms with E-state index in [0.29, 0.717) is 4.99 Å². The van der Waals surface area contributed by atoms with Crippen LogP contribution in [0, 0.1) is 0 Å². The van der Waals surface area contributed by atoms with E-state index in [4.69, 9.17) is 12.2 Å². The van der Waals surface area contributed by atoms with Crippen LogP contribution in [0.2, 0.25) is 0 Å². The molecule has 0 aliphatic carbocycles. The molecule has 3 aromatic carbocycles. The zero-order chi connectivity index (χ0) is 16.6. The zero-order valence-corrected chi connectivity index (χ0v) is 14.0. The molecule has 2 N–H and O–H groups in total. The lowest BCUT2D eigenvalue weighted by Crippen LogP contribution is -2.09. The van der Waals surface area contributed by atoms with Crippen LogP contribution in [0.15, 0.2) is 97.1 Å². The van der Waals surface area contributed by atoms with Crippen LogP contribution in [0.1, 0.15) is 5.56 Å². The molecule has 0 amide bonds. The number of para-hydroxylation sites is 2. The molecule has 0 aliphatic rings. The molecule has 2 nitrogen and oxygen atoms in total. The molecule has 118 valence electrons. The molecule has 0 unspecified atom stereocenters. The van der Waals surface area contributed by atoms with Crippen molar-refractivity contribution < 1.29 is 0 Å². The molecule has 0 radical (unpaired) electrons. The summed E-state index contributed by atoms with van der Waals surface area (Å²) in [7, 11) is 0. The van der Waals surface area contributed by atoms with Crippen LogP contribution < -0.4 is 10.6 Å². The summed E-state index contributed by atoms with van der Waals surface area (Å²) in [5.41, 5.74) is 4.04. The first-order valence-electron chi connectivity index (χ1n) is 7.76. The third-order valence-corrected chi connectivity index (χ3v) is 3.67. The van der Waals surface area contributed by atoms with Gasteiger partial charge in [-0.1, -0.05) is 78.9 Å². The average molecular weight is 330 g/mol. The summed E-state index contributed by atoms with van der Waals surface area (Å²) in [5, 5.41) is 6.69. The Balaban J connectivity index is 1.85. The maximum atomic E-state index is 5.50. The molecule has 3 heteroatoms. The number of hydrogen-bond donors (Lipinski definition) is 2. The van der Waals surface area contributed by atoms with E-state index in [1.807, 2.05) is 84.9 Å². The maximum absolute atomic E-state index is 5.50. The lowest BCUT2D eigenvalue weighted by atomic mass is 10.1. The van der Waals surface area contributed by atoms with Crippen LogP contribution in [0.3, 0.4) is 0 Å².